The average molecular weight is 212 g/mol. The minimum Gasteiger partial charge on any atom is -0.493 e. The first kappa shape index (κ1) is 11.5. The second kappa shape index (κ2) is 5.34. The third-order valence-corrected chi connectivity index (χ3v) is 2.05. The summed E-state index contributed by atoms with van der Waals surface area (Å²) < 4.78 is 23.2. The Kier molecular flexibility index (Phi) is 4.09. The second-order valence-corrected chi connectivity index (χ2v) is 3.01. The van der Waals surface area contributed by atoms with Gasteiger partial charge in [-0.2, -0.15) is 0 Å². The predicted molar refractivity (Wildman–Crippen MR) is 53.9 cm³/mol. The molecule has 0 radical (unpaired) electrons. The van der Waals surface area contributed by atoms with Crippen LogP contribution in [0.5, 0.6) is 11.5 Å². The summed E-state index contributed by atoms with van der Waals surface area (Å²) in [7, 11) is 2.93. The van der Waals surface area contributed by atoms with E-state index in [-0.39, 0.29) is 0 Å². The molecule has 0 heterocycles. The molecule has 0 spiro atoms. The Morgan fingerprint density at radius 1 is 1.33 bits per heavy atom. The lowest BCUT2D eigenvalue weighted by molar-refractivity contribution is -0.107. The van der Waals surface area contributed by atoms with Gasteiger partial charge in [0.1, 0.15) is 12.1 Å². The van der Waals surface area contributed by atoms with Crippen molar-refractivity contribution in [3.63, 3.8) is 0 Å². The van der Waals surface area contributed by atoms with Crippen molar-refractivity contribution in [1.82, 2.24) is 0 Å². The summed E-state index contributed by atoms with van der Waals surface area (Å²) in [6.07, 6.45) is 1.57. The Hall–Kier alpha value is -1.58. The van der Waals surface area contributed by atoms with Gasteiger partial charge in [-0.1, -0.05) is 0 Å². The Bertz CT molecular complexity index is 350. The van der Waals surface area contributed by atoms with Crippen LogP contribution in [0.25, 0.3) is 0 Å². The van der Waals surface area contributed by atoms with E-state index in [0.29, 0.717) is 29.9 Å². The van der Waals surface area contributed by atoms with Crippen molar-refractivity contribution in [3.8, 4) is 11.5 Å². The fourth-order valence-corrected chi connectivity index (χ4v) is 1.41. The molecule has 0 atom stereocenters. The molecule has 0 aliphatic rings. The minimum absolute atomic E-state index is 0.336. The predicted octanol–water partition coefficient (Wildman–Crippen LogP) is 1.97. The molecule has 0 aromatic heterocycles. The van der Waals surface area contributed by atoms with E-state index in [9.17, 15) is 9.18 Å². The average Bonchev–Trinajstić information content (AvgIpc) is 2.25. The van der Waals surface area contributed by atoms with E-state index in [2.05, 4.69) is 0 Å². The number of rotatable bonds is 5. The van der Waals surface area contributed by atoms with Crippen molar-refractivity contribution in [2.24, 2.45) is 0 Å². The fraction of sp³-hybridized carbons (Fsp3) is 0.364. The number of benzene rings is 1. The van der Waals surface area contributed by atoms with Gasteiger partial charge in [-0.15, -0.1) is 0 Å². The highest BCUT2D eigenvalue weighted by molar-refractivity contribution is 5.53. The van der Waals surface area contributed by atoms with Gasteiger partial charge in [0.25, 0.3) is 0 Å². The summed E-state index contributed by atoms with van der Waals surface area (Å²) in [5.41, 5.74) is 0.640. The van der Waals surface area contributed by atoms with E-state index in [1.54, 1.807) is 0 Å². The number of hydrogen-bond acceptors (Lipinski definition) is 3. The molecule has 1 aromatic carbocycles. The van der Waals surface area contributed by atoms with Crippen molar-refractivity contribution < 1.29 is 18.7 Å². The lowest BCUT2D eigenvalue weighted by Gasteiger charge is -2.12. The van der Waals surface area contributed by atoms with Crippen LogP contribution < -0.4 is 9.47 Å². The number of ether oxygens (including phenoxy) is 2. The molecule has 0 unspecified atom stereocenters. The third kappa shape index (κ3) is 2.68. The number of methoxy groups -OCH3 is 2. The molecule has 0 amide bonds. The molecule has 0 saturated heterocycles. The van der Waals surface area contributed by atoms with Crippen LogP contribution in [0.4, 0.5) is 4.39 Å². The number of hydrogen-bond donors (Lipinski definition) is 0. The fourth-order valence-electron chi connectivity index (χ4n) is 1.41. The summed E-state index contributed by atoms with van der Waals surface area (Å²) in [6, 6.07) is 2.61. The smallest absolute Gasteiger partial charge is 0.164 e. The summed E-state index contributed by atoms with van der Waals surface area (Å²) in [5, 5.41) is 0. The molecule has 15 heavy (non-hydrogen) atoms. The monoisotopic (exact) mass is 212 g/mol. The quantitative estimate of drug-likeness (QED) is 0.700. The van der Waals surface area contributed by atoms with E-state index in [4.69, 9.17) is 9.47 Å². The van der Waals surface area contributed by atoms with Crippen LogP contribution >= 0.6 is 0 Å². The van der Waals surface area contributed by atoms with Crippen molar-refractivity contribution in [2.75, 3.05) is 14.2 Å². The second-order valence-electron chi connectivity index (χ2n) is 3.01. The molecule has 0 aliphatic heterocycles. The molecule has 0 bridgehead atoms. The van der Waals surface area contributed by atoms with Crippen molar-refractivity contribution in [1.29, 1.82) is 0 Å². The first-order valence-electron chi connectivity index (χ1n) is 4.57. The van der Waals surface area contributed by atoms with Crippen LogP contribution in [0.3, 0.4) is 0 Å². The Morgan fingerprint density at radius 3 is 2.60 bits per heavy atom. The van der Waals surface area contributed by atoms with Crippen LogP contribution in [0.15, 0.2) is 12.1 Å². The topological polar surface area (TPSA) is 35.5 Å². The molecule has 4 heteroatoms. The first-order chi connectivity index (χ1) is 7.22. The van der Waals surface area contributed by atoms with Crippen molar-refractivity contribution >= 4 is 6.29 Å². The van der Waals surface area contributed by atoms with Gasteiger partial charge in [-0.25, -0.2) is 4.39 Å². The molecule has 82 valence electrons. The standard InChI is InChI=1S/C11H13FO3/c1-14-10-7-9(12)6-8(4-3-5-13)11(10)15-2/h5-7H,3-4H2,1-2H3. The van der Waals surface area contributed by atoms with E-state index in [1.165, 1.54) is 26.4 Å². The Labute approximate surface area is 87.8 Å². The van der Waals surface area contributed by atoms with Crippen LogP contribution in [0, 0.1) is 5.82 Å². The van der Waals surface area contributed by atoms with E-state index in [0.717, 1.165) is 6.29 Å². The maximum Gasteiger partial charge on any atom is 0.164 e. The Balaban J connectivity index is 3.10. The highest BCUT2D eigenvalue weighted by Crippen LogP contribution is 2.32. The summed E-state index contributed by atoms with van der Waals surface area (Å²) in [5.74, 6) is 0.438. The van der Waals surface area contributed by atoms with E-state index < -0.39 is 5.82 Å². The molecule has 1 aromatic rings. The number of carbonyl (C=O) groups is 1. The highest BCUT2D eigenvalue weighted by atomic mass is 19.1. The lowest BCUT2D eigenvalue weighted by Crippen LogP contribution is -1.98. The summed E-state index contributed by atoms with van der Waals surface area (Å²) in [4.78, 5) is 10.3. The zero-order valence-corrected chi connectivity index (χ0v) is 8.75. The normalized spacial score (nSPS) is 9.80. The van der Waals surface area contributed by atoms with Gasteiger partial charge >= 0.3 is 0 Å². The van der Waals surface area contributed by atoms with Gasteiger partial charge in [-0.3, -0.25) is 0 Å². The highest BCUT2D eigenvalue weighted by Gasteiger charge is 2.11. The maximum absolute atomic E-state index is 13.1. The van der Waals surface area contributed by atoms with Gasteiger partial charge in [0.05, 0.1) is 14.2 Å². The number of aryl methyl sites for hydroxylation is 1. The number of aldehydes is 1. The van der Waals surface area contributed by atoms with Crippen molar-refractivity contribution in [2.45, 2.75) is 12.8 Å². The van der Waals surface area contributed by atoms with Gasteiger partial charge < -0.3 is 14.3 Å². The molecule has 0 aliphatic carbocycles. The van der Waals surface area contributed by atoms with E-state index >= 15 is 0 Å². The zero-order chi connectivity index (χ0) is 11.3. The van der Waals surface area contributed by atoms with Crippen LogP contribution in [0.1, 0.15) is 12.0 Å². The van der Waals surface area contributed by atoms with Crippen molar-refractivity contribution in [3.05, 3.63) is 23.5 Å². The molecule has 1 rings (SSSR count). The molecular formula is C11H13FO3. The number of halogens is 1. The van der Waals surface area contributed by atoms with Gasteiger partial charge in [0, 0.05) is 18.1 Å². The summed E-state index contributed by atoms with van der Waals surface area (Å²) in [6.45, 7) is 0. The van der Waals surface area contributed by atoms with Crippen LogP contribution in [-0.2, 0) is 11.2 Å². The molecule has 0 fully saturated rings. The molecule has 0 saturated carbocycles. The molecule has 0 N–H and O–H groups in total. The zero-order valence-electron chi connectivity index (χ0n) is 8.75. The number of carbonyl (C=O) groups excluding carboxylic acids is 1. The maximum atomic E-state index is 13.1. The largest absolute Gasteiger partial charge is 0.493 e. The lowest BCUT2D eigenvalue weighted by atomic mass is 10.1. The van der Waals surface area contributed by atoms with Crippen LogP contribution in [-0.4, -0.2) is 20.5 Å². The van der Waals surface area contributed by atoms with Gasteiger partial charge in [-0.05, 0) is 12.5 Å². The van der Waals surface area contributed by atoms with Gasteiger partial charge in [0.15, 0.2) is 11.5 Å². The van der Waals surface area contributed by atoms with Crippen LogP contribution in [0.2, 0.25) is 0 Å². The molecular weight excluding hydrogens is 199 g/mol. The first-order valence-corrected chi connectivity index (χ1v) is 4.57. The Morgan fingerprint density at radius 2 is 2.07 bits per heavy atom. The third-order valence-electron chi connectivity index (χ3n) is 2.05. The summed E-state index contributed by atoms with van der Waals surface area (Å²) >= 11 is 0. The SMILES string of the molecule is COc1cc(F)cc(CCC=O)c1OC. The minimum atomic E-state index is -0.395. The molecule has 3 nitrogen and oxygen atoms in total. The van der Waals surface area contributed by atoms with E-state index in [1.807, 2.05) is 0 Å². The van der Waals surface area contributed by atoms with Gasteiger partial charge in [0.2, 0.25) is 0 Å².